The van der Waals surface area contributed by atoms with Gasteiger partial charge in [-0.2, -0.15) is 0 Å². The minimum absolute atomic E-state index is 0.747. The SMILES string of the molecule is CCc1cccc(-c2cc(F)c(F)cc2C)c1. The molecule has 0 bridgehead atoms. The third kappa shape index (κ3) is 2.36. The molecule has 2 rings (SSSR count). The van der Waals surface area contributed by atoms with Crippen LogP contribution in [0.5, 0.6) is 0 Å². The zero-order chi connectivity index (χ0) is 12.4. The Bertz CT molecular complexity index is 545. The van der Waals surface area contributed by atoms with Crippen LogP contribution in [-0.4, -0.2) is 0 Å². The van der Waals surface area contributed by atoms with Crippen LogP contribution in [0.3, 0.4) is 0 Å². The number of halogens is 2. The number of aryl methyl sites for hydroxylation is 2. The Balaban J connectivity index is 2.56. The molecule has 0 saturated carbocycles. The predicted octanol–water partition coefficient (Wildman–Crippen LogP) is 4.50. The molecule has 0 aliphatic carbocycles. The maximum absolute atomic E-state index is 13.3. The van der Waals surface area contributed by atoms with Gasteiger partial charge in [-0.15, -0.1) is 0 Å². The highest BCUT2D eigenvalue weighted by atomic mass is 19.2. The van der Waals surface area contributed by atoms with Crippen LogP contribution >= 0.6 is 0 Å². The van der Waals surface area contributed by atoms with E-state index in [0.717, 1.165) is 23.1 Å². The van der Waals surface area contributed by atoms with E-state index in [0.29, 0.717) is 0 Å². The largest absolute Gasteiger partial charge is 0.204 e. The molecule has 0 spiro atoms. The molecule has 0 amide bonds. The van der Waals surface area contributed by atoms with E-state index in [1.54, 1.807) is 6.92 Å². The summed E-state index contributed by atoms with van der Waals surface area (Å²) in [4.78, 5) is 0. The van der Waals surface area contributed by atoms with E-state index in [2.05, 4.69) is 6.92 Å². The highest BCUT2D eigenvalue weighted by molar-refractivity contribution is 5.67. The first-order chi connectivity index (χ1) is 8.11. The third-order valence-corrected chi connectivity index (χ3v) is 2.91. The van der Waals surface area contributed by atoms with Crippen molar-refractivity contribution in [1.82, 2.24) is 0 Å². The van der Waals surface area contributed by atoms with Gasteiger partial charge in [-0.1, -0.05) is 31.2 Å². The summed E-state index contributed by atoms with van der Waals surface area (Å²) >= 11 is 0. The first-order valence-corrected chi connectivity index (χ1v) is 5.66. The van der Waals surface area contributed by atoms with Crippen LogP contribution < -0.4 is 0 Å². The van der Waals surface area contributed by atoms with E-state index in [1.165, 1.54) is 17.7 Å². The first-order valence-electron chi connectivity index (χ1n) is 5.66. The highest BCUT2D eigenvalue weighted by Crippen LogP contribution is 2.26. The quantitative estimate of drug-likeness (QED) is 0.715. The van der Waals surface area contributed by atoms with E-state index < -0.39 is 11.6 Å². The predicted molar refractivity (Wildman–Crippen MR) is 65.9 cm³/mol. The van der Waals surface area contributed by atoms with E-state index in [4.69, 9.17) is 0 Å². The molecule has 0 aliphatic rings. The molecule has 0 N–H and O–H groups in total. The molecule has 0 heterocycles. The van der Waals surface area contributed by atoms with Gasteiger partial charge in [-0.3, -0.25) is 0 Å². The van der Waals surface area contributed by atoms with Crippen molar-refractivity contribution in [2.24, 2.45) is 0 Å². The molecular formula is C15H14F2. The van der Waals surface area contributed by atoms with E-state index in [9.17, 15) is 8.78 Å². The summed E-state index contributed by atoms with van der Waals surface area (Å²) in [5.41, 5.74) is 3.61. The summed E-state index contributed by atoms with van der Waals surface area (Å²) in [5.74, 6) is -1.59. The molecule has 0 saturated heterocycles. The summed E-state index contributed by atoms with van der Waals surface area (Å²) < 4.78 is 26.3. The Labute approximate surface area is 99.9 Å². The fourth-order valence-corrected chi connectivity index (χ4v) is 1.92. The Morgan fingerprint density at radius 1 is 1.00 bits per heavy atom. The van der Waals surface area contributed by atoms with Crippen molar-refractivity contribution in [1.29, 1.82) is 0 Å². The minimum atomic E-state index is -0.799. The van der Waals surface area contributed by atoms with Crippen LogP contribution in [0.2, 0.25) is 0 Å². The Hall–Kier alpha value is -1.70. The smallest absolute Gasteiger partial charge is 0.159 e. The lowest BCUT2D eigenvalue weighted by atomic mass is 9.98. The summed E-state index contributed by atoms with van der Waals surface area (Å²) in [7, 11) is 0. The summed E-state index contributed by atoms with van der Waals surface area (Å²) in [5, 5.41) is 0. The maximum atomic E-state index is 13.3. The third-order valence-electron chi connectivity index (χ3n) is 2.91. The van der Waals surface area contributed by atoms with Crippen molar-refractivity contribution in [3.63, 3.8) is 0 Å². The van der Waals surface area contributed by atoms with Crippen molar-refractivity contribution in [3.8, 4) is 11.1 Å². The first kappa shape index (κ1) is 11.8. The standard InChI is InChI=1S/C15H14F2/c1-3-11-5-4-6-12(8-11)13-9-15(17)14(16)7-10(13)2/h4-9H,3H2,1-2H3. The van der Waals surface area contributed by atoms with E-state index >= 15 is 0 Å². The zero-order valence-electron chi connectivity index (χ0n) is 9.93. The van der Waals surface area contributed by atoms with Crippen molar-refractivity contribution in [3.05, 3.63) is 59.2 Å². The van der Waals surface area contributed by atoms with Crippen LogP contribution in [-0.2, 0) is 6.42 Å². The zero-order valence-corrected chi connectivity index (χ0v) is 9.93. The van der Waals surface area contributed by atoms with Gasteiger partial charge in [0.1, 0.15) is 0 Å². The van der Waals surface area contributed by atoms with Gasteiger partial charge in [-0.25, -0.2) is 8.78 Å². The van der Waals surface area contributed by atoms with Crippen LogP contribution in [0.1, 0.15) is 18.1 Å². The van der Waals surface area contributed by atoms with Gasteiger partial charge >= 0.3 is 0 Å². The lowest BCUT2D eigenvalue weighted by Crippen LogP contribution is -1.91. The molecular weight excluding hydrogens is 218 g/mol. The molecule has 0 aromatic heterocycles. The lowest BCUT2D eigenvalue weighted by Gasteiger charge is -2.08. The number of rotatable bonds is 2. The summed E-state index contributed by atoms with van der Waals surface area (Å²) in [6, 6.07) is 10.4. The second kappa shape index (κ2) is 4.66. The molecule has 0 radical (unpaired) electrons. The maximum Gasteiger partial charge on any atom is 0.159 e. The van der Waals surface area contributed by atoms with Gasteiger partial charge in [-0.05, 0) is 47.7 Å². The van der Waals surface area contributed by atoms with Crippen molar-refractivity contribution in [2.45, 2.75) is 20.3 Å². The molecule has 0 fully saturated rings. The Morgan fingerprint density at radius 3 is 2.41 bits per heavy atom. The van der Waals surface area contributed by atoms with Gasteiger partial charge in [0.25, 0.3) is 0 Å². The average Bonchev–Trinajstić information content (AvgIpc) is 2.34. The topological polar surface area (TPSA) is 0 Å². The van der Waals surface area contributed by atoms with Gasteiger partial charge in [0.15, 0.2) is 11.6 Å². The van der Waals surface area contributed by atoms with Gasteiger partial charge < -0.3 is 0 Å². The van der Waals surface area contributed by atoms with Gasteiger partial charge in [0, 0.05) is 0 Å². The molecule has 0 nitrogen and oxygen atoms in total. The molecule has 0 atom stereocenters. The molecule has 2 heteroatoms. The van der Waals surface area contributed by atoms with Crippen LogP contribution in [0.15, 0.2) is 36.4 Å². The van der Waals surface area contributed by atoms with Crippen LogP contribution in [0.25, 0.3) is 11.1 Å². The second-order valence-electron chi connectivity index (χ2n) is 4.14. The second-order valence-corrected chi connectivity index (χ2v) is 4.14. The fraction of sp³-hybridized carbons (Fsp3) is 0.200. The van der Waals surface area contributed by atoms with Crippen LogP contribution in [0, 0.1) is 18.6 Å². The van der Waals surface area contributed by atoms with Crippen LogP contribution in [0.4, 0.5) is 8.78 Å². The Morgan fingerprint density at radius 2 is 1.71 bits per heavy atom. The average molecular weight is 232 g/mol. The van der Waals surface area contributed by atoms with Gasteiger partial charge in [0.2, 0.25) is 0 Å². The van der Waals surface area contributed by atoms with Crippen molar-refractivity contribution < 1.29 is 8.78 Å². The molecule has 0 unspecified atom stereocenters. The number of hydrogen-bond donors (Lipinski definition) is 0. The highest BCUT2D eigenvalue weighted by Gasteiger charge is 2.08. The minimum Gasteiger partial charge on any atom is -0.204 e. The van der Waals surface area contributed by atoms with Gasteiger partial charge in [0.05, 0.1) is 0 Å². The normalized spacial score (nSPS) is 10.6. The summed E-state index contributed by atoms with van der Waals surface area (Å²) in [6.07, 6.45) is 0.927. The van der Waals surface area contributed by atoms with E-state index in [-0.39, 0.29) is 0 Å². The number of hydrogen-bond acceptors (Lipinski definition) is 0. The molecule has 2 aromatic carbocycles. The monoisotopic (exact) mass is 232 g/mol. The molecule has 0 aliphatic heterocycles. The molecule has 2 aromatic rings. The van der Waals surface area contributed by atoms with Crippen molar-refractivity contribution >= 4 is 0 Å². The van der Waals surface area contributed by atoms with Crippen molar-refractivity contribution in [2.75, 3.05) is 0 Å². The Kier molecular flexibility index (Phi) is 3.23. The number of benzene rings is 2. The lowest BCUT2D eigenvalue weighted by molar-refractivity contribution is 0.508. The molecule has 88 valence electrons. The fourth-order valence-electron chi connectivity index (χ4n) is 1.92. The van der Waals surface area contributed by atoms with E-state index in [1.807, 2.05) is 24.3 Å². The summed E-state index contributed by atoms with van der Waals surface area (Å²) in [6.45, 7) is 3.85. The molecule has 17 heavy (non-hydrogen) atoms.